The summed E-state index contributed by atoms with van der Waals surface area (Å²) in [7, 11) is 0. The van der Waals surface area contributed by atoms with Crippen molar-refractivity contribution < 1.29 is 22.7 Å². The lowest BCUT2D eigenvalue weighted by atomic mass is 10.1. The van der Waals surface area contributed by atoms with Gasteiger partial charge in [-0.05, 0) is 18.4 Å². The molecule has 146 valence electrons. The fraction of sp³-hybridized carbons (Fsp3) is 0.474. The van der Waals surface area contributed by atoms with Crippen LogP contribution in [-0.2, 0) is 41.7 Å². The number of hydrogen-bond donors (Lipinski definition) is 1. The maximum Gasteiger partial charge on any atom is 0.435 e. The average Bonchev–Trinajstić information content (AvgIpc) is 3.02. The van der Waals surface area contributed by atoms with E-state index >= 15 is 0 Å². The predicted molar refractivity (Wildman–Crippen MR) is 93.0 cm³/mol. The number of nitrogens with zero attached hydrogens (tertiary/aromatic N) is 2. The highest BCUT2D eigenvalue weighted by Crippen LogP contribution is 2.34. The predicted octanol–water partition coefficient (Wildman–Crippen LogP) is 3.11. The Morgan fingerprint density at radius 3 is 2.78 bits per heavy atom. The molecule has 1 aliphatic rings. The summed E-state index contributed by atoms with van der Waals surface area (Å²) in [5, 5.41) is 6.48. The van der Waals surface area contributed by atoms with E-state index in [4.69, 9.17) is 4.74 Å². The van der Waals surface area contributed by atoms with E-state index in [1.54, 1.807) is 0 Å². The van der Waals surface area contributed by atoms with Crippen LogP contribution in [0.4, 0.5) is 13.2 Å². The maximum atomic E-state index is 13.1. The Morgan fingerprint density at radius 2 is 2.04 bits per heavy atom. The lowest BCUT2D eigenvalue weighted by Crippen LogP contribution is -2.28. The second kappa shape index (κ2) is 8.56. The number of rotatable bonds is 7. The number of benzene rings is 1. The number of carbonyl (C=O) groups excluding carboxylic acids is 1. The van der Waals surface area contributed by atoms with Crippen LogP contribution in [0.1, 0.15) is 35.4 Å². The molecule has 0 saturated carbocycles. The fourth-order valence-corrected chi connectivity index (χ4v) is 3.21. The quantitative estimate of drug-likeness (QED) is 0.802. The zero-order chi connectivity index (χ0) is 19.3. The third-order valence-electron chi connectivity index (χ3n) is 4.52. The summed E-state index contributed by atoms with van der Waals surface area (Å²) in [6.45, 7) is 0.761. The van der Waals surface area contributed by atoms with E-state index in [0.29, 0.717) is 25.1 Å². The van der Waals surface area contributed by atoms with Crippen molar-refractivity contribution in [3.05, 3.63) is 52.8 Å². The minimum Gasteiger partial charge on any atom is -0.376 e. The summed E-state index contributed by atoms with van der Waals surface area (Å²) in [6.07, 6.45) is -2.19. The van der Waals surface area contributed by atoms with E-state index in [9.17, 15) is 18.0 Å². The largest absolute Gasteiger partial charge is 0.435 e. The molecule has 0 spiro atoms. The SMILES string of the molecule is O=C(CCCc1ccccc1)NCCn1nc(C(F)(F)F)c2c1CCOC2. The molecule has 0 atom stereocenters. The van der Waals surface area contributed by atoms with Crippen molar-refractivity contribution >= 4 is 5.91 Å². The highest BCUT2D eigenvalue weighted by atomic mass is 19.4. The van der Waals surface area contributed by atoms with Gasteiger partial charge in [0.2, 0.25) is 5.91 Å². The van der Waals surface area contributed by atoms with E-state index < -0.39 is 11.9 Å². The second-order valence-corrected chi connectivity index (χ2v) is 6.49. The molecule has 1 aromatic carbocycles. The van der Waals surface area contributed by atoms with Crippen LogP contribution in [0.25, 0.3) is 0 Å². The van der Waals surface area contributed by atoms with E-state index in [0.717, 1.165) is 12.8 Å². The summed E-state index contributed by atoms with van der Waals surface area (Å²) >= 11 is 0. The Labute approximate surface area is 155 Å². The van der Waals surface area contributed by atoms with Crippen LogP contribution in [0.15, 0.2) is 30.3 Å². The van der Waals surface area contributed by atoms with E-state index in [1.807, 2.05) is 30.3 Å². The molecule has 1 aromatic heterocycles. The third kappa shape index (κ3) is 5.09. The summed E-state index contributed by atoms with van der Waals surface area (Å²) in [5.41, 5.74) is 0.955. The standard InChI is InChI=1S/C19H22F3N3O2/c20-19(21,22)18-15-13-27-12-9-16(15)25(24-18)11-10-23-17(26)8-4-7-14-5-2-1-3-6-14/h1-3,5-6H,4,7-13H2,(H,23,26). The first-order valence-electron chi connectivity index (χ1n) is 8.99. The van der Waals surface area contributed by atoms with Gasteiger partial charge in [-0.1, -0.05) is 30.3 Å². The fourth-order valence-electron chi connectivity index (χ4n) is 3.21. The lowest BCUT2D eigenvalue weighted by molar-refractivity contribution is -0.142. The minimum atomic E-state index is -4.50. The normalized spacial score (nSPS) is 14.0. The summed E-state index contributed by atoms with van der Waals surface area (Å²) in [5.74, 6) is -0.105. The molecular weight excluding hydrogens is 359 g/mol. The maximum absolute atomic E-state index is 13.1. The molecule has 2 heterocycles. The number of aryl methyl sites for hydroxylation is 1. The molecule has 1 N–H and O–H groups in total. The van der Waals surface area contributed by atoms with Crippen LogP contribution in [0.5, 0.6) is 0 Å². The van der Waals surface area contributed by atoms with Crippen molar-refractivity contribution in [2.24, 2.45) is 0 Å². The highest BCUT2D eigenvalue weighted by Gasteiger charge is 2.39. The number of halogens is 3. The number of aromatic nitrogens is 2. The van der Waals surface area contributed by atoms with Crippen LogP contribution in [0.3, 0.4) is 0 Å². The van der Waals surface area contributed by atoms with Gasteiger partial charge in [-0.25, -0.2) is 0 Å². The van der Waals surface area contributed by atoms with Gasteiger partial charge in [0.1, 0.15) is 0 Å². The summed E-state index contributed by atoms with van der Waals surface area (Å²) in [4.78, 5) is 11.9. The number of ether oxygens (including phenoxy) is 1. The lowest BCUT2D eigenvalue weighted by Gasteiger charge is -2.15. The molecule has 1 amide bonds. The molecule has 0 unspecified atom stereocenters. The van der Waals surface area contributed by atoms with Crippen molar-refractivity contribution in [3.8, 4) is 0 Å². The van der Waals surface area contributed by atoms with Crippen molar-refractivity contribution in [2.45, 2.75) is 45.0 Å². The summed E-state index contributed by atoms with van der Waals surface area (Å²) < 4.78 is 45.9. The molecule has 5 nitrogen and oxygen atoms in total. The van der Waals surface area contributed by atoms with Crippen molar-refractivity contribution in [3.63, 3.8) is 0 Å². The van der Waals surface area contributed by atoms with Crippen molar-refractivity contribution in [2.75, 3.05) is 13.2 Å². The van der Waals surface area contributed by atoms with Gasteiger partial charge in [0.25, 0.3) is 0 Å². The van der Waals surface area contributed by atoms with Crippen LogP contribution >= 0.6 is 0 Å². The van der Waals surface area contributed by atoms with Gasteiger partial charge in [0, 0.05) is 30.6 Å². The Hall–Kier alpha value is -2.35. The van der Waals surface area contributed by atoms with Gasteiger partial charge in [0.05, 0.1) is 19.8 Å². The smallest absolute Gasteiger partial charge is 0.376 e. The van der Waals surface area contributed by atoms with E-state index in [2.05, 4.69) is 10.4 Å². The number of amides is 1. The Balaban J connectivity index is 1.49. The second-order valence-electron chi connectivity index (χ2n) is 6.49. The number of fused-ring (bicyclic) bond motifs is 1. The van der Waals surface area contributed by atoms with Crippen LogP contribution in [0, 0.1) is 0 Å². The first-order chi connectivity index (χ1) is 12.9. The topological polar surface area (TPSA) is 56.2 Å². The van der Waals surface area contributed by atoms with Crippen molar-refractivity contribution in [1.29, 1.82) is 0 Å². The number of carbonyl (C=O) groups is 1. The Kier molecular flexibility index (Phi) is 6.15. The Bertz CT molecular complexity index is 772. The molecule has 27 heavy (non-hydrogen) atoms. The molecule has 0 radical (unpaired) electrons. The van der Waals surface area contributed by atoms with Gasteiger partial charge in [-0.3, -0.25) is 9.48 Å². The number of alkyl halides is 3. The van der Waals surface area contributed by atoms with Gasteiger partial charge in [-0.15, -0.1) is 0 Å². The molecule has 0 saturated heterocycles. The third-order valence-corrected chi connectivity index (χ3v) is 4.52. The zero-order valence-corrected chi connectivity index (χ0v) is 14.9. The molecule has 1 aliphatic heterocycles. The van der Waals surface area contributed by atoms with Gasteiger partial charge >= 0.3 is 6.18 Å². The van der Waals surface area contributed by atoms with Crippen LogP contribution in [-0.4, -0.2) is 28.8 Å². The molecule has 3 rings (SSSR count). The monoisotopic (exact) mass is 381 g/mol. The Morgan fingerprint density at radius 1 is 1.26 bits per heavy atom. The molecular formula is C19H22F3N3O2. The highest BCUT2D eigenvalue weighted by molar-refractivity contribution is 5.75. The molecule has 2 aromatic rings. The summed E-state index contributed by atoms with van der Waals surface area (Å²) in [6, 6.07) is 9.89. The molecule has 8 heteroatoms. The number of nitrogens with one attached hydrogen (secondary N) is 1. The zero-order valence-electron chi connectivity index (χ0n) is 14.9. The molecule has 0 bridgehead atoms. The first-order valence-corrected chi connectivity index (χ1v) is 8.99. The minimum absolute atomic E-state index is 0.0734. The molecule has 0 fully saturated rings. The van der Waals surface area contributed by atoms with Gasteiger partial charge < -0.3 is 10.1 Å². The average molecular weight is 381 g/mol. The molecule has 0 aliphatic carbocycles. The number of hydrogen-bond acceptors (Lipinski definition) is 3. The van der Waals surface area contributed by atoms with E-state index in [1.165, 1.54) is 10.2 Å². The first kappa shape index (κ1) is 19.4. The van der Waals surface area contributed by atoms with Crippen LogP contribution in [0.2, 0.25) is 0 Å². The van der Waals surface area contributed by atoms with E-state index in [-0.39, 0.29) is 31.2 Å². The van der Waals surface area contributed by atoms with Crippen molar-refractivity contribution in [1.82, 2.24) is 15.1 Å². The van der Waals surface area contributed by atoms with Gasteiger partial charge in [-0.2, -0.15) is 18.3 Å². The van der Waals surface area contributed by atoms with Crippen LogP contribution < -0.4 is 5.32 Å². The van der Waals surface area contributed by atoms with Gasteiger partial charge in [0.15, 0.2) is 5.69 Å².